The van der Waals surface area contributed by atoms with Crippen LogP contribution < -0.4 is 5.32 Å². The van der Waals surface area contributed by atoms with Gasteiger partial charge in [0.15, 0.2) is 0 Å². The van der Waals surface area contributed by atoms with Gasteiger partial charge in [0.05, 0.1) is 16.9 Å². The summed E-state index contributed by atoms with van der Waals surface area (Å²) in [6, 6.07) is 7.49. The quantitative estimate of drug-likeness (QED) is 0.880. The summed E-state index contributed by atoms with van der Waals surface area (Å²) < 4.78 is 0. The van der Waals surface area contributed by atoms with Crippen molar-refractivity contribution in [2.45, 2.75) is 29.4 Å². The average Bonchev–Trinajstić information content (AvgIpc) is 2.55. The van der Waals surface area contributed by atoms with Crippen molar-refractivity contribution >= 4 is 35.2 Å². The van der Waals surface area contributed by atoms with E-state index in [2.05, 4.69) is 5.32 Å². The number of anilines is 1. The van der Waals surface area contributed by atoms with Crippen molar-refractivity contribution in [1.82, 2.24) is 4.90 Å². The second kappa shape index (κ2) is 6.62. The van der Waals surface area contributed by atoms with Gasteiger partial charge >= 0.3 is 5.97 Å². The van der Waals surface area contributed by atoms with Gasteiger partial charge in [-0.05, 0) is 25.0 Å². The van der Waals surface area contributed by atoms with Gasteiger partial charge in [0.2, 0.25) is 11.8 Å². The second-order valence-electron chi connectivity index (χ2n) is 5.81. The number of aliphatic carboxylic acids is 1. The van der Waals surface area contributed by atoms with Gasteiger partial charge < -0.3 is 15.3 Å². The molecule has 0 aliphatic carbocycles. The maximum atomic E-state index is 12.4. The Morgan fingerprint density at radius 3 is 2.91 bits per heavy atom. The highest BCUT2D eigenvalue weighted by atomic mass is 32.2. The molecule has 23 heavy (non-hydrogen) atoms. The zero-order chi connectivity index (χ0) is 16.4. The molecule has 2 amide bonds. The molecule has 0 aromatic heterocycles. The van der Waals surface area contributed by atoms with E-state index in [0.717, 1.165) is 10.6 Å². The van der Waals surface area contributed by atoms with E-state index < -0.39 is 17.1 Å². The van der Waals surface area contributed by atoms with Gasteiger partial charge in [-0.25, -0.2) is 0 Å². The third-order valence-electron chi connectivity index (χ3n) is 4.19. The van der Waals surface area contributed by atoms with Crippen LogP contribution in [-0.4, -0.2) is 46.1 Å². The molecule has 1 saturated heterocycles. The number of nitrogens with one attached hydrogen (secondary N) is 1. The summed E-state index contributed by atoms with van der Waals surface area (Å²) >= 11 is 1.39. The lowest BCUT2D eigenvalue weighted by Crippen LogP contribution is -2.44. The van der Waals surface area contributed by atoms with Gasteiger partial charge in [0.1, 0.15) is 0 Å². The van der Waals surface area contributed by atoms with E-state index in [-0.39, 0.29) is 24.8 Å². The summed E-state index contributed by atoms with van der Waals surface area (Å²) in [5.41, 5.74) is 0.773. The van der Waals surface area contributed by atoms with Crippen molar-refractivity contribution in [2.24, 2.45) is 5.92 Å². The first-order chi connectivity index (χ1) is 11.0. The van der Waals surface area contributed by atoms with Crippen LogP contribution in [0.5, 0.6) is 0 Å². The van der Waals surface area contributed by atoms with Crippen LogP contribution in [0, 0.1) is 5.92 Å². The highest BCUT2D eigenvalue weighted by Gasteiger charge is 2.33. The molecule has 1 aromatic carbocycles. The number of fused-ring (bicyclic) bond motifs is 1. The van der Waals surface area contributed by atoms with Crippen molar-refractivity contribution in [1.29, 1.82) is 0 Å². The molecule has 2 atom stereocenters. The van der Waals surface area contributed by atoms with Crippen molar-refractivity contribution in [3.8, 4) is 0 Å². The van der Waals surface area contributed by atoms with Crippen LogP contribution in [-0.2, 0) is 14.4 Å². The Morgan fingerprint density at radius 1 is 1.35 bits per heavy atom. The summed E-state index contributed by atoms with van der Waals surface area (Å²) in [5, 5.41) is 11.5. The molecule has 1 aromatic rings. The number of carboxylic acid groups (broad SMARTS) is 1. The number of rotatable bonds is 3. The molecule has 2 aliphatic rings. The van der Waals surface area contributed by atoms with Crippen LogP contribution in [0.3, 0.4) is 0 Å². The van der Waals surface area contributed by atoms with Crippen LogP contribution in [0.1, 0.15) is 19.3 Å². The van der Waals surface area contributed by atoms with Crippen molar-refractivity contribution in [2.75, 3.05) is 18.4 Å². The summed E-state index contributed by atoms with van der Waals surface area (Å²) in [6.45, 7) is 0.808. The molecule has 6 nitrogen and oxygen atoms in total. The Labute approximate surface area is 138 Å². The van der Waals surface area contributed by atoms with Gasteiger partial charge in [0.25, 0.3) is 0 Å². The standard InChI is InChI=1S/C16H18N2O4S/c19-14(18-7-3-4-10(9-18)16(21)22)8-13-15(20)17-11-5-1-2-6-12(11)23-13/h1-2,5-6,10,13H,3-4,7-9H2,(H,17,20)(H,21,22). The lowest BCUT2D eigenvalue weighted by atomic mass is 9.98. The summed E-state index contributed by atoms with van der Waals surface area (Å²) in [4.78, 5) is 38.2. The Balaban J connectivity index is 1.64. The van der Waals surface area contributed by atoms with E-state index in [1.807, 2.05) is 24.3 Å². The summed E-state index contributed by atoms with van der Waals surface area (Å²) in [7, 11) is 0. The number of carboxylic acids is 1. The molecular formula is C16H18N2O4S. The fraction of sp³-hybridized carbons (Fsp3) is 0.438. The topological polar surface area (TPSA) is 86.7 Å². The number of thioether (sulfide) groups is 1. The number of amides is 2. The van der Waals surface area contributed by atoms with Crippen LogP contribution in [0.2, 0.25) is 0 Å². The fourth-order valence-corrected chi connectivity index (χ4v) is 4.02. The van der Waals surface area contributed by atoms with Gasteiger partial charge in [-0.3, -0.25) is 14.4 Å². The molecule has 0 radical (unpaired) electrons. The average molecular weight is 334 g/mol. The highest BCUT2D eigenvalue weighted by molar-refractivity contribution is 8.01. The summed E-state index contributed by atoms with van der Waals surface area (Å²) in [6.07, 6.45) is 1.39. The highest BCUT2D eigenvalue weighted by Crippen LogP contribution is 2.37. The minimum atomic E-state index is -0.860. The second-order valence-corrected chi connectivity index (χ2v) is 7.06. The number of nitrogens with zero attached hydrogens (tertiary/aromatic N) is 1. The van der Waals surface area contributed by atoms with Crippen LogP contribution in [0.4, 0.5) is 5.69 Å². The maximum absolute atomic E-state index is 12.4. The number of likely N-dealkylation sites (tertiary alicyclic amines) is 1. The first-order valence-corrected chi connectivity index (χ1v) is 8.49. The molecule has 3 rings (SSSR count). The fourth-order valence-electron chi connectivity index (χ4n) is 2.92. The Morgan fingerprint density at radius 2 is 2.13 bits per heavy atom. The first-order valence-electron chi connectivity index (χ1n) is 7.61. The number of para-hydroxylation sites is 1. The normalized spacial score (nSPS) is 23.8. The molecule has 122 valence electrons. The maximum Gasteiger partial charge on any atom is 0.308 e. The van der Waals surface area contributed by atoms with E-state index >= 15 is 0 Å². The number of carbonyl (C=O) groups is 3. The third kappa shape index (κ3) is 3.50. The van der Waals surface area contributed by atoms with Crippen LogP contribution in [0.25, 0.3) is 0 Å². The first kappa shape index (κ1) is 15.9. The zero-order valence-corrected chi connectivity index (χ0v) is 13.3. The number of carbonyl (C=O) groups excluding carboxylic acids is 2. The molecule has 0 spiro atoms. The molecule has 0 bridgehead atoms. The van der Waals surface area contributed by atoms with Crippen LogP contribution >= 0.6 is 11.8 Å². The summed E-state index contributed by atoms with van der Waals surface area (Å²) in [5.74, 6) is -1.68. The molecule has 2 heterocycles. The molecule has 7 heteroatoms. The number of hydrogen-bond acceptors (Lipinski definition) is 4. The van der Waals surface area contributed by atoms with Gasteiger partial charge in [0, 0.05) is 24.4 Å². The molecule has 0 saturated carbocycles. The Kier molecular flexibility index (Phi) is 4.56. The van der Waals surface area contributed by atoms with Crippen molar-refractivity contribution < 1.29 is 19.5 Å². The van der Waals surface area contributed by atoms with Gasteiger partial charge in [-0.2, -0.15) is 0 Å². The van der Waals surface area contributed by atoms with Crippen molar-refractivity contribution in [3.63, 3.8) is 0 Å². The Hall–Kier alpha value is -2.02. The molecule has 2 N–H and O–H groups in total. The largest absolute Gasteiger partial charge is 0.481 e. The number of piperidine rings is 1. The van der Waals surface area contributed by atoms with Crippen molar-refractivity contribution in [3.05, 3.63) is 24.3 Å². The monoisotopic (exact) mass is 334 g/mol. The SMILES string of the molecule is O=C(O)C1CCCN(C(=O)CC2Sc3ccccc3NC2=O)C1. The minimum Gasteiger partial charge on any atom is -0.481 e. The lowest BCUT2D eigenvalue weighted by Gasteiger charge is -2.32. The van der Waals surface area contributed by atoms with E-state index in [4.69, 9.17) is 5.11 Å². The predicted octanol–water partition coefficient (Wildman–Crippen LogP) is 1.81. The van der Waals surface area contributed by atoms with Crippen LogP contribution in [0.15, 0.2) is 29.2 Å². The Bertz CT molecular complexity index is 649. The van der Waals surface area contributed by atoms with E-state index in [9.17, 15) is 14.4 Å². The van der Waals surface area contributed by atoms with E-state index in [0.29, 0.717) is 19.4 Å². The molecule has 2 unspecified atom stereocenters. The zero-order valence-electron chi connectivity index (χ0n) is 12.5. The molecular weight excluding hydrogens is 316 g/mol. The lowest BCUT2D eigenvalue weighted by molar-refractivity contribution is -0.146. The third-order valence-corrected chi connectivity index (χ3v) is 5.47. The van der Waals surface area contributed by atoms with E-state index in [1.165, 1.54) is 11.8 Å². The molecule has 1 fully saturated rings. The predicted molar refractivity (Wildman–Crippen MR) is 86.3 cm³/mol. The number of benzene rings is 1. The minimum absolute atomic E-state index is 0.0944. The number of hydrogen-bond donors (Lipinski definition) is 2. The van der Waals surface area contributed by atoms with Gasteiger partial charge in [-0.1, -0.05) is 12.1 Å². The smallest absolute Gasteiger partial charge is 0.308 e. The molecule has 2 aliphatic heterocycles. The van der Waals surface area contributed by atoms with E-state index in [1.54, 1.807) is 4.90 Å². The van der Waals surface area contributed by atoms with Gasteiger partial charge in [-0.15, -0.1) is 11.8 Å².